The zero-order valence-electron chi connectivity index (χ0n) is 18.3. The molecule has 1 unspecified atom stereocenters. The minimum atomic E-state index is -0.284. The van der Waals surface area contributed by atoms with Crippen molar-refractivity contribution in [2.75, 3.05) is 6.54 Å². The first-order valence-electron chi connectivity index (χ1n) is 10.7. The molecule has 1 heterocycles. The van der Waals surface area contributed by atoms with Crippen LogP contribution in [-0.2, 0) is 16.1 Å². The summed E-state index contributed by atoms with van der Waals surface area (Å²) in [4.78, 5) is 24.3. The normalized spacial score (nSPS) is 15.0. The first-order chi connectivity index (χ1) is 15.1. The molecule has 1 aliphatic rings. The van der Waals surface area contributed by atoms with Gasteiger partial charge in [0.15, 0.2) is 0 Å². The van der Waals surface area contributed by atoms with Crippen molar-refractivity contribution >= 4 is 12.3 Å². The van der Waals surface area contributed by atoms with E-state index in [0.717, 1.165) is 24.8 Å². The number of rotatable bonds is 5. The number of nitrogens with zero attached hydrogens (tertiary/aromatic N) is 1. The summed E-state index contributed by atoms with van der Waals surface area (Å²) >= 11 is 0. The van der Waals surface area contributed by atoms with Crippen molar-refractivity contribution in [2.45, 2.75) is 39.3 Å². The van der Waals surface area contributed by atoms with Crippen LogP contribution in [0.3, 0.4) is 0 Å². The van der Waals surface area contributed by atoms with Crippen molar-refractivity contribution in [3.63, 3.8) is 0 Å². The highest BCUT2D eigenvalue weighted by Crippen LogP contribution is 2.19. The monoisotopic (exact) mass is 414 g/mol. The number of aryl methyl sites for hydroxylation is 2. The summed E-state index contributed by atoms with van der Waals surface area (Å²) in [6.07, 6.45) is 2.43. The van der Waals surface area contributed by atoms with Crippen LogP contribution >= 0.6 is 0 Å². The number of nitrogens with one attached hydrogen (secondary N) is 1. The second-order valence-electron chi connectivity index (χ2n) is 7.94. The molecule has 2 amide bonds. The van der Waals surface area contributed by atoms with E-state index in [1.165, 1.54) is 22.3 Å². The third-order valence-corrected chi connectivity index (χ3v) is 5.44. The second-order valence-corrected chi connectivity index (χ2v) is 7.94. The molecule has 4 rings (SSSR count). The van der Waals surface area contributed by atoms with Crippen molar-refractivity contribution in [2.24, 2.45) is 0 Å². The van der Waals surface area contributed by atoms with Crippen LogP contribution in [0.1, 0.15) is 29.5 Å². The molecular weight excluding hydrogens is 384 g/mol. The largest absolute Gasteiger partial charge is 0.350 e. The van der Waals surface area contributed by atoms with Crippen LogP contribution in [0.15, 0.2) is 78.9 Å². The minimum absolute atomic E-state index is 0.0554. The topological polar surface area (TPSA) is 49.4 Å². The smallest absolute Gasteiger partial charge is 0.243 e. The summed E-state index contributed by atoms with van der Waals surface area (Å²) in [7, 11) is 0. The van der Waals surface area contributed by atoms with Gasteiger partial charge in [-0.15, -0.1) is 0 Å². The van der Waals surface area contributed by atoms with Gasteiger partial charge in [0.05, 0.1) is 0 Å². The third kappa shape index (κ3) is 6.54. The highest BCUT2D eigenvalue weighted by molar-refractivity contribution is 5.84. The zero-order valence-corrected chi connectivity index (χ0v) is 18.3. The molecule has 0 saturated carbocycles. The van der Waals surface area contributed by atoms with Crippen LogP contribution in [0, 0.1) is 13.8 Å². The van der Waals surface area contributed by atoms with Crippen molar-refractivity contribution in [3.8, 4) is 11.1 Å². The molecular formula is C27H30N2O2. The highest BCUT2D eigenvalue weighted by atomic mass is 16.2. The van der Waals surface area contributed by atoms with Gasteiger partial charge in [-0.2, -0.15) is 0 Å². The van der Waals surface area contributed by atoms with Crippen molar-refractivity contribution < 1.29 is 9.59 Å². The van der Waals surface area contributed by atoms with Crippen LogP contribution in [0.5, 0.6) is 0 Å². The molecule has 4 nitrogen and oxygen atoms in total. The van der Waals surface area contributed by atoms with Gasteiger partial charge in [-0.25, -0.2) is 0 Å². The fourth-order valence-electron chi connectivity index (χ4n) is 3.66. The Morgan fingerprint density at radius 2 is 1.65 bits per heavy atom. The molecule has 4 heteroatoms. The Morgan fingerprint density at radius 1 is 0.935 bits per heavy atom. The molecule has 160 valence electrons. The summed E-state index contributed by atoms with van der Waals surface area (Å²) in [6.45, 7) is 5.35. The van der Waals surface area contributed by atoms with Crippen LogP contribution < -0.4 is 5.32 Å². The van der Waals surface area contributed by atoms with E-state index in [2.05, 4.69) is 60.8 Å². The van der Waals surface area contributed by atoms with E-state index in [9.17, 15) is 9.59 Å². The molecule has 1 fully saturated rings. The van der Waals surface area contributed by atoms with E-state index >= 15 is 0 Å². The van der Waals surface area contributed by atoms with Crippen molar-refractivity contribution in [1.82, 2.24) is 10.2 Å². The molecule has 0 aliphatic carbocycles. The van der Waals surface area contributed by atoms with Crippen LogP contribution in [0.2, 0.25) is 0 Å². The molecule has 3 aromatic rings. The summed E-state index contributed by atoms with van der Waals surface area (Å²) in [5.41, 5.74) is 6.16. The molecule has 0 radical (unpaired) electrons. The molecule has 0 bridgehead atoms. The number of hydrogen-bond acceptors (Lipinski definition) is 2. The lowest BCUT2D eigenvalue weighted by Crippen LogP contribution is -2.42. The van der Waals surface area contributed by atoms with Gasteiger partial charge in [0.2, 0.25) is 12.3 Å². The Kier molecular flexibility index (Phi) is 7.99. The maximum Gasteiger partial charge on any atom is 0.243 e. The Hall–Kier alpha value is -3.40. The number of likely N-dealkylation sites (tertiary alicyclic amines) is 1. The summed E-state index contributed by atoms with van der Waals surface area (Å²) in [5, 5.41) is 2.89. The van der Waals surface area contributed by atoms with Crippen molar-refractivity contribution in [3.05, 3.63) is 95.6 Å². The standard InChI is InChI=1S/C14H18N2O2.C13H12/c1-11-4-6-12(7-5-11)9-15-14(18)13-3-2-8-16(13)10-17;1-11-6-5-9-13(10-11)12-7-3-2-4-8-12/h4-7,10,13H,2-3,8-9H2,1H3,(H,15,18);2-10H,1H3. The molecule has 1 saturated heterocycles. The van der Waals surface area contributed by atoms with Gasteiger partial charge in [0.1, 0.15) is 6.04 Å². The Bertz CT molecular complexity index is 984. The van der Waals surface area contributed by atoms with Gasteiger partial charge in [-0.1, -0.05) is 90.0 Å². The van der Waals surface area contributed by atoms with Gasteiger partial charge >= 0.3 is 0 Å². The lowest BCUT2D eigenvalue weighted by Gasteiger charge is -2.19. The average Bonchev–Trinajstić information content (AvgIpc) is 3.29. The predicted octanol–water partition coefficient (Wildman–Crippen LogP) is 4.89. The molecule has 1 aliphatic heterocycles. The number of carbonyl (C=O) groups excluding carboxylic acids is 2. The minimum Gasteiger partial charge on any atom is -0.350 e. The number of carbonyl (C=O) groups is 2. The number of hydrogen-bond donors (Lipinski definition) is 1. The van der Waals surface area contributed by atoms with Gasteiger partial charge in [-0.05, 0) is 43.4 Å². The van der Waals surface area contributed by atoms with Crippen LogP contribution in [0.25, 0.3) is 11.1 Å². The average molecular weight is 415 g/mol. The molecule has 0 aromatic heterocycles. The fourth-order valence-corrected chi connectivity index (χ4v) is 3.66. The maximum absolute atomic E-state index is 11.9. The van der Waals surface area contributed by atoms with E-state index < -0.39 is 0 Å². The van der Waals surface area contributed by atoms with E-state index in [1.807, 2.05) is 37.3 Å². The molecule has 1 atom stereocenters. The Morgan fingerprint density at radius 3 is 2.32 bits per heavy atom. The van der Waals surface area contributed by atoms with Crippen molar-refractivity contribution in [1.29, 1.82) is 0 Å². The van der Waals surface area contributed by atoms with Crippen LogP contribution in [-0.4, -0.2) is 29.8 Å². The van der Waals surface area contributed by atoms with E-state index in [1.54, 1.807) is 4.90 Å². The summed E-state index contributed by atoms with van der Waals surface area (Å²) in [6, 6.07) is 26.8. The second kappa shape index (κ2) is 11.1. The van der Waals surface area contributed by atoms with E-state index in [-0.39, 0.29) is 11.9 Å². The SMILES string of the molecule is Cc1ccc(CNC(=O)C2CCCN2C=O)cc1.Cc1cccc(-c2ccccc2)c1. The Labute approximate surface area is 184 Å². The highest BCUT2D eigenvalue weighted by Gasteiger charge is 2.29. The first-order valence-corrected chi connectivity index (χ1v) is 10.7. The van der Waals surface area contributed by atoms with E-state index in [4.69, 9.17) is 0 Å². The van der Waals surface area contributed by atoms with E-state index in [0.29, 0.717) is 13.1 Å². The van der Waals surface area contributed by atoms with Gasteiger partial charge in [0, 0.05) is 13.1 Å². The van der Waals surface area contributed by atoms with Gasteiger partial charge in [0.25, 0.3) is 0 Å². The summed E-state index contributed by atoms with van der Waals surface area (Å²) < 4.78 is 0. The van der Waals surface area contributed by atoms with Crippen LogP contribution in [0.4, 0.5) is 0 Å². The lowest BCUT2D eigenvalue weighted by molar-refractivity contribution is -0.131. The quantitative estimate of drug-likeness (QED) is 0.604. The first kappa shape index (κ1) is 22.3. The van der Waals surface area contributed by atoms with Gasteiger partial charge in [-0.3, -0.25) is 9.59 Å². The molecule has 1 N–H and O–H groups in total. The summed E-state index contributed by atoms with van der Waals surface area (Å²) in [5.74, 6) is -0.0554. The molecule has 3 aromatic carbocycles. The zero-order chi connectivity index (χ0) is 22.1. The number of amides is 2. The predicted molar refractivity (Wildman–Crippen MR) is 125 cm³/mol. The van der Waals surface area contributed by atoms with Gasteiger partial charge < -0.3 is 10.2 Å². The Balaban J connectivity index is 0.000000185. The third-order valence-electron chi connectivity index (χ3n) is 5.44. The fraction of sp³-hybridized carbons (Fsp3) is 0.259. The number of benzene rings is 3. The lowest BCUT2D eigenvalue weighted by atomic mass is 10.0. The molecule has 31 heavy (non-hydrogen) atoms. The molecule has 0 spiro atoms. The maximum atomic E-state index is 11.9.